The van der Waals surface area contributed by atoms with E-state index in [1.165, 1.54) is 0 Å². The Balaban J connectivity index is 2.56. The van der Waals surface area contributed by atoms with Gasteiger partial charge >= 0.3 is 22.4 Å². The Kier molecular flexibility index (Phi) is 3.67. The van der Waals surface area contributed by atoms with Crippen molar-refractivity contribution in [2.24, 2.45) is 5.84 Å². The summed E-state index contributed by atoms with van der Waals surface area (Å²) in [5, 5.41) is 0. The minimum Gasteiger partial charge on any atom is -0.462 e. The average Bonchev–Trinajstić information content (AvgIpc) is 2.62. The number of nitrogens with zero attached hydrogens (tertiary/aromatic N) is 1. The number of cyclic esters (lactones) is 1. The van der Waals surface area contributed by atoms with Gasteiger partial charge in [0.1, 0.15) is 12.7 Å². The van der Waals surface area contributed by atoms with E-state index in [0.29, 0.717) is 0 Å². The predicted octanol–water partition coefficient (Wildman–Crippen LogP) is -1.49. The number of carbonyl (C=O) groups excluding carboxylic acids is 2. The van der Waals surface area contributed by atoms with Crippen LogP contribution in [0.2, 0.25) is 0 Å². The number of hydrogen-bond acceptors (Lipinski definition) is 8. The van der Waals surface area contributed by atoms with E-state index < -0.39 is 28.5 Å². The topological polar surface area (TPSA) is 125 Å². The van der Waals surface area contributed by atoms with Crippen LogP contribution in [-0.4, -0.2) is 44.7 Å². The lowest BCUT2D eigenvalue weighted by Crippen LogP contribution is -2.44. The van der Waals surface area contributed by atoms with Crippen LogP contribution < -0.4 is 5.84 Å². The van der Waals surface area contributed by atoms with Crippen molar-refractivity contribution in [1.29, 1.82) is 0 Å². The fourth-order valence-corrected chi connectivity index (χ4v) is 1.32. The molecular formula is C6H10N2O7S. The Morgan fingerprint density at radius 3 is 2.69 bits per heavy atom. The van der Waals surface area contributed by atoms with E-state index in [9.17, 15) is 18.0 Å². The summed E-state index contributed by atoms with van der Waals surface area (Å²) in [5.41, 5.74) is 0. The lowest BCUT2D eigenvalue weighted by Gasteiger charge is -2.16. The number of esters is 1. The molecule has 1 rings (SSSR count). The Hall–Kier alpha value is -1.39. The van der Waals surface area contributed by atoms with E-state index in [-0.39, 0.29) is 17.4 Å². The molecule has 10 heteroatoms. The van der Waals surface area contributed by atoms with Crippen LogP contribution in [0.1, 0.15) is 6.42 Å². The summed E-state index contributed by atoms with van der Waals surface area (Å²) >= 11 is 0. The number of hydrogen-bond donors (Lipinski definition) is 1. The first kappa shape index (κ1) is 12.7. The number of hydrazine groups is 1. The zero-order valence-electron chi connectivity index (χ0n) is 8.28. The molecule has 16 heavy (non-hydrogen) atoms. The van der Waals surface area contributed by atoms with Crippen molar-refractivity contribution in [3.63, 3.8) is 0 Å². The second-order valence-electron chi connectivity index (χ2n) is 2.81. The fraction of sp³-hybridized carbons (Fsp3) is 0.667. The van der Waals surface area contributed by atoms with Gasteiger partial charge in [-0.2, -0.15) is 8.42 Å². The highest BCUT2D eigenvalue weighted by Gasteiger charge is 2.32. The highest BCUT2D eigenvalue weighted by atomic mass is 32.2. The first-order valence-corrected chi connectivity index (χ1v) is 5.45. The summed E-state index contributed by atoms with van der Waals surface area (Å²) in [6.45, 7) is -0.120. The number of rotatable bonds is 3. The van der Waals surface area contributed by atoms with Crippen LogP contribution in [0.25, 0.3) is 0 Å². The van der Waals surface area contributed by atoms with E-state index in [1.807, 2.05) is 0 Å². The van der Waals surface area contributed by atoms with Crippen molar-refractivity contribution in [2.45, 2.75) is 12.5 Å². The summed E-state index contributed by atoms with van der Waals surface area (Å²) in [7, 11) is -3.50. The minimum atomic E-state index is -4.34. The van der Waals surface area contributed by atoms with Gasteiger partial charge in [-0.15, -0.1) is 4.41 Å². The molecule has 0 aliphatic carbocycles. The quantitative estimate of drug-likeness (QED) is 0.279. The second kappa shape index (κ2) is 4.63. The molecule has 2 N–H and O–H groups in total. The molecule has 1 aliphatic rings. The lowest BCUT2D eigenvalue weighted by atomic mass is 10.3. The molecule has 1 heterocycles. The highest BCUT2D eigenvalue weighted by Crippen LogP contribution is 2.11. The molecule has 0 radical (unpaired) electrons. The third-order valence-corrected chi connectivity index (χ3v) is 2.78. The number of nitrogens with two attached hydrogens (primary N) is 1. The van der Waals surface area contributed by atoms with Crippen LogP contribution in [0.4, 0.5) is 4.79 Å². The van der Waals surface area contributed by atoms with Crippen LogP contribution in [0.3, 0.4) is 0 Å². The van der Waals surface area contributed by atoms with E-state index >= 15 is 0 Å². The predicted molar refractivity (Wildman–Crippen MR) is 47.8 cm³/mol. The maximum atomic E-state index is 11.2. The molecule has 1 saturated heterocycles. The second-order valence-corrected chi connectivity index (χ2v) is 4.40. The monoisotopic (exact) mass is 254 g/mol. The lowest BCUT2D eigenvalue weighted by molar-refractivity contribution is -0.137. The average molecular weight is 254 g/mol. The van der Waals surface area contributed by atoms with E-state index in [0.717, 1.165) is 7.11 Å². The van der Waals surface area contributed by atoms with Crippen molar-refractivity contribution in [3.05, 3.63) is 0 Å². The van der Waals surface area contributed by atoms with Gasteiger partial charge in [0.25, 0.3) is 0 Å². The molecule has 1 aliphatic heterocycles. The van der Waals surface area contributed by atoms with Crippen LogP contribution >= 0.6 is 0 Å². The van der Waals surface area contributed by atoms with Crippen LogP contribution in [-0.2, 0) is 28.8 Å². The summed E-state index contributed by atoms with van der Waals surface area (Å²) in [6, 6.07) is 0. The maximum Gasteiger partial charge on any atom is 0.440 e. The van der Waals surface area contributed by atoms with E-state index in [4.69, 9.17) is 5.84 Å². The SMILES string of the molecule is COS(=O)(=O)N(N)C(=O)OC1COC(=O)C1. The molecule has 0 bridgehead atoms. The van der Waals surface area contributed by atoms with Gasteiger partial charge in [-0.3, -0.25) is 8.98 Å². The van der Waals surface area contributed by atoms with Gasteiger partial charge < -0.3 is 9.47 Å². The van der Waals surface area contributed by atoms with Gasteiger partial charge in [0, 0.05) is 0 Å². The molecule has 1 amide bonds. The van der Waals surface area contributed by atoms with Crippen molar-refractivity contribution in [3.8, 4) is 0 Å². The molecule has 0 aromatic rings. The third kappa shape index (κ3) is 2.81. The number of carbonyl (C=O) groups is 2. The molecule has 9 nitrogen and oxygen atoms in total. The van der Waals surface area contributed by atoms with Gasteiger partial charge in [0.15, 0.2) is 0 Å². The van der Waals surface area contributed by atoms with E-state index in [2.05, 4.69) is 13.7 Å². The number of ether oxygens (including phenoxy) is 2. The minimum absolute atomic E-state index is 0.120. The van der Waals surface area contributed by atoms with Gasteiger partial charge in [0.2, 0.25) is 0 Å². The van der Waals surface area contributed by atoms with Gasteiger partial charge in [-0.25, -0.2) is 10.6 Å². The summed E-state index contributed by atoms with van der Waals surface area (Å²) in [4.78, 5) is 21.8. The Labute approximate surface area is 91.3 Å². The van der Waals surface area contributed by atoms with Gasteiger partial charge in [0.05, 0.1) is 13.5 Å². The molecule has 92 valence electrons. The molecular weight excluding hydrogens is 244 g/mol. The summed E-state index contributed by atoms with van der Waals surface area (Å²) in [6.07, 6.45) is -2.31. The van der Waals surface area contributed by atoms with Gasteiger partial charge in [-0.05, 0) is 0 Å². The van der Waals surface area contributed by atoms with E-state index in [1.54, 1.807) is 0 Å². The highest BCUT2D eigenvalue weighted by molar-refractivity contribution is 7.84. The standard InChI is InChI=1S/C6H10N2O7S/c1-13-16(11,12)8(7)6(10)15-4-2-5(9)14-3-4/h4H,2-3,7H2,1H3. The zero-order valence-corrected chi connectivity index (χ0v) is 9.10. The van der Waals surface area contributed by atoms with Crippen molar-refractivity contribution in [2.75, 3.05) is 13.7 Å². The first-order valence-electron chi connectivity index (χ1n) is 4.08. The van der Waals surface area contributed by atoms with Crippen LogP contribution in [0, 0.1) is 0 Å². The van der Waals surface area contributed by atoms with Crippen LogP contribution in [0.5, 0.6) is 0 Å². The normalized spacial score (nSPS) is 20.4. The molecule has 1 atom stereocenters. The molecule has 0 spiro atoms. The van der Waals surface area contributed by atoms with Crippen molar-refractivity contribution >= 4 is 22.4 Å². The Morgan fingerprint density at radius 2 is 2.25 bits per heavy atom. The van der Waals surface area contributed by atoms with Crippen molar-refractivity contribution < 1.29 is 31.7 Å². The fourth-order valence-electron chi connectivity index (χ4n) is 0.931. The molecule has 0 aromatic heterocycles. The summed E-state index contributed by atoms with van der Waals surface area (Å²) < 4.78 is 34.8. The van der Waals surface area contributed by atoms with Crippen molar-refractivity contribution in [1.82, 2.24) is 4.41 Å². The zero-order chi connectivity index (χ0) is 12.3. The summed E-state index contributed by atoms with van der Waals surface area (Å²) in [5.74, 6) is 4.41. The number of amides is 1. The molecule has 0 saturated carbocycles. The Bertz CT molecular complexity index is 392. The Morgan fingerprint density at radius 1 is 1.62 bits per heavy atom. The molecule has 1 fully saturated rings. The smallest absolute Gasteiger partial charge is 0.440 e. The van der Waals surface area contributed by atoms with Crippen LogP contribution in [0.15, 0.2) is 0 Å². The van der Waals surface area contributed by atoms with Gasteiger partial charge in [-0.1, -0.05) is 0 Å². The first-order chi connectivity index (χ1) is 7.36. The third-order valence-electron chi connectivity index (χ3n) is 1.72. The molecule has 1 unspecified atom stereocenters. The molecule has 0 aromatic carbocycles. The maximum absolute atomic E-state index is 11.2. The largest absolute Gasteiger partial charge is 0.462 e.